The highest BCUT2D eigenvalue weighted by Gasteiger charge is 2.30. The summed E-state index contributed by atoms with van der Waals surface area (Å²) < 4.78 is 30.9. The van der Waals surface area contributed by atoms with Crippen molar-refractivity contribution in [3.05, 3.63) is 48.6 Å². The Morgan fingerprint density at radius 3 is 1.04 bits per heavy atom. The summed E-state index contributed by atoms with van der Waals surface area (Å²) in [5.74, 6) is -0.488. The Bertz CT molecular complexity index is 1660. The average Bonchev–Trinajstić information content (AvgIpc) is 3.64. The van der Waals surface area contributed by atoms with Crippen LogP contribution in [-0.4, -0.2) is 74.3 Å². The van der Waals surface area contributed by atoms with Crippen LogP contribution in [0.1, 0.15) is 393 Å². The van der Waals surface area contributed by atoms with Crippen LogP contribution in [0.5, 0.6) is 0 Å². The molecule has 0 aliphatic heterocycles. The van der Waals surface area contributed by atoms with E-state index in [-0.39, 0.29) is 25.1 Å². The van der Waals surface area contributed by atoms with Crippen molar-refractivity contribution in [2.24, 2.45) is 0 Å². The average molecular weight is 1270 g/mol. The first kappa shape index (κ1) is 87.0. The van der Waals surface area contributed by atoms with Gasteiger partial charge in [-0.25, -0.2) is 4.57 Å². The molecule has 10 heteroatoms. The van der Waals surface area contributed by atoms with Crippen molar-refractivity contribution in [3.8, 4) is 0 Å². The van der Waals surface area contributed by atoms with Gasteiger partial charge in [0.1, 0.15) is 19.3 Å². The van der Waals surface area contributed by atoms with Gasteiger partial charge in [0.15, 0.2) is 0 Å². The van der Waals surface area contributed by atoms with E-state index < -0.39 is 20.0 Å². The van der Waals surface area contributed by atoms with E-state index in [1.165, 1.54) is 289 Å². The third-order valence-electron chi connectivity index (χ3n) is 17.8. The number of quaternary nitrogens is 1. The fourth-order valence-corrected chi connectivity index (χ4v) is 12.5. The molecule has 0 aromatic heterocycles. The molecule has 0 aliphatic rings. The number of hydrogen-bond donors (Lipinski definition) is 2. The van der Waals surface area contributed by atoms with Crippen molar-refractivity contribution in [2.75, 3.05) is 40.9 Å². The maximum absolute atomic E-state index is 13.7. The van der Waals surface area contributed by atoms with Crippen LogP contribution >= 0.6 is 7.82 Å². The number of amides is 1. The van der Waals surface area contributed by atoms with Crippen LogP contribution in [0.25, 0.3) is 0 Å². The van der Waals surface area contributed by atoms with Crippen molar-refractivity contribution >= 4 is 19.7 Å². The molecule has 0 fully saturated rings. The standard InChI is InChI=1S/C79H151N2O7P/c1-7-10-13-16-19-22-25-28-30-32-34-36-38-39-40-41-43-45-47-49-51-54-57-60-63-66-69-72-79(83)88-77(70-67-64-61-58-55-52-27-24-21-18-15-12-9-3)76(75-87-89(84,85)86-74-73-81(4,5)6)80-78(82)71-68-65-62-59-56-53-50-48-46-44-42-37-35-33-31-29-26-23-20-17-14-11-8-2/h20,23,29,31,35,37,67,70,76-77H,7-19,21-22,24-28,30,32-34,36,38-66,68-69,71-75H2,1-6H3,(H-,80,82,84,85)/p+1/b23-20-,31-29-,37-35-,70-67+. The van der Waals surface area contributed by atoms with E-state index in [0.29, 0.717) is 23.9 Å². The van der Waals surface area contributed by atoms with Gasteiger partial charge in [-0.05, 0) is 70.3 Å². The van der Waals surface area contributed by atoms with Gasteiger partial charge in [-0.2, -0.15) is 0 Å². The minimum Gasteiger partial charge on any atom is -0.456 e. The molecule has 2 N–H and O–H groups in total. The van der Waals surface area contributed by atoms with Crippen LogP contribution in [0.2, 0.25) is 0 Å². The number of nitrogens with zero attached hydrogens (tertiary/aromatic N) is 1. The molecule has 1 amide bonds. The Labute approximate surface area is 554 Å². The maximum atomic E-state index is 13.7. The molecule has 89 heavy (non-hydrogen) atoms. The molecule has 0 rings (SSSR count). The molecule has 0 aromatic carbocycles. The summed E-state index contributed by atoms with van der Waals surface area (Å²) in [7, 11) is 1.51. The van der Waals surface area contributed by atoms with Gasteiger partial charge in [0.05, 0.1) is 33.8 Å². The number of rotatable bonds is 72. The molecule has 0 spiro atoms. The van der Waals surface area contributed by atoms with E-state index >= 15 is 0 Å². The highest BCUT2D eigenvalue weighted by Crippen LogP contribution is 2.43. The van der Waals surface area contributed by atoms with E-state index in [2.05, 4.69) is 68.6 Å². The number of carbonyl (C=O) groups excluding carboxylic acids is 2. The Morgan fingerprint density at radius 2 is 0.685 bits per heavy atom. The minimum absolute atomic E-state index is 0.0412. The molecule has 0 heterocycles. The topological polar surface area (TPSA) is 111 Å². The molecule has 0 radical (unpaired) electrons. The fraction of sp³-hybridized carbons (Fsp3) is 0.873. The predicted octanol–water partition coefficient (Wildman–Crippen LogP) is 25.1. The van der Waals surface area contributed by atoms with Crippen molar-refractivity contribution in [1.82, 2.24) is 5.32 Å². The van der Waals surface area contributed by atoms with Gasteiger partial charge in [-0.1, -0.05) is 359 Å². The summed E-state index contributed by atoms with van der Waals surface area (Å²) >= 11 is 0. The number of esters is 1. The molecule has 3 atom stereocenters. The van der Waals surface area contributed by atoms with Gasteiger partial charge in [0.2, 0.25) is 5.91 Å². The highest BCUT2D eigenvalue weighted by atomic mass is 31.2. The maximum Gasteiger partial charge on any atom is 0.472 e. The first-order valence-electron chi connectivity index (χ1n) is 39.0. The summed E-state index contributed by atoms with van der Waals surface area (Å²) in [5.41, 5.74) is 0. The largest absolute Gasteiger partial charge is 0.472 e. The zero-order valence-corrected chi connectivity index (χ0v) is 61.1. The summed E-state index contributed by atoms with van der Waals surface area (Å²) in [6, 6.07) is -0.850. The summed E-state index contributed by atoms with van der Waals surface area (Å²) in [5, 5.41) is 3.08. The lowest BCUT2D eigenvalue weighted by Gasteiger charge is -2.27. The molecular formula is C79H152N2O7P+. The molecule has 524 valence electrons. The second-order valence-corrected chi connectivity index (χ2v) is 29.3. The Kier molecular flexibility index (Phi) is 67.2. The van der Waals surface area contributed by atoms with Crippen molar-refractivity contribution in [1.29, 1.82) is 0 Å². The molecule has 0 aromatic rings. The molecule has 0 saturated heterocycles. The second-order valence-electron chi connectivity index (χ2n) is 27.9. The Hall–Kier alpha value is -2.03. The number of hydrogen-bond acceptors (Lipinski definition) is 6. The van der Waals surface area contributed by atoms with E-state index in [4.69, 9.17) is 13.8 Å². The molecule has 9 nitrogen and oxygen atoms in total. The lowest BCUT2D eigenvalue weighted by atomic mass is 10.0. The fourth-order valence-electron chi connectivity index (χ4n) is 11.8. The third-order valence-corrected chi connectivity index (χ3v) is 18.8. The predicted molar refractivity (Wildman–Crippen MR) is 388 cm³/mol. The molecule has 3 unspecified atom stereocenters. The number of likely N-dealkylation sites (N-methyl/N-ethyl adjacent to an activating group) is 1. The smallest absolute Gasteiger partial charge is 0.456 e. The normalized spacial score (nSPS) is 13.7. The zero-order valence-electron chi connectivity index (χ0n) is 60.2. The summed E-state index contributed by atoms with van der Waals surface area (Å²) in [6.07, 6.45) is 88.5. The van der Waals surface area contributed by atoms with Crippen LogP contribution in [0, 0.1) is 0 Å². The van der Waals surface area contributed by atoms with E-state index in [0.717, 1.165) is 70.6 Å². The van der Waals surface area contributed by atoms with Crippen molar-refractivity contribution in [3.63, 3.8) is 0 Å². The van der Waals surface area contributed by atoms with Gasteiger partial charge >= 0.3 is 13.8 Å². The number of allylic oxidation sites excluding steroid dienone is 7. The molecule has 0 aliphatic carbocycles. The molecule has 0 saturated carbocycles. The van der Waals surface area contributed by atoms with Gasteiger partial charge in [0.25, 0.3) is 0 Å². The first-order chi connectivity index (χ1) is 43.4. The van der Waals surface area contributed by atoms with Crippen LogP contribution in [0.3, 0.4) is 0 Å². The lowest BCUT2D eigenvalue weighted by Crippen LogP contribution is -2.47. The van der Waals surface area contributed by atoms with Crippen molar-refractivity contribution in [2.45, 2.75) is 405 Å². The summed E-state index contributed by atoms with van der Waals surface area (Å²) in [4.78, 5) is 38.0. The number of ether oxygens (including phenoxy) is 1. The molecular weight excluding hydrogens is 1120 g/mol. The van der Waals surface area contributed by atoms with Gasteiger partial charge in [-0.15, -0.1) is 0 Å². The lowest BCUT2D eigenvalue weighted by molar-refractivity contribution is -0.870. The number of nitrogens with one attached hydrogen (secondary N) is 1. The second kappa shape index (κ2) is 68.8. The van der Waals surface area contributed by atoms with E-state index in [1.54, 1.807) is 0 Å². The summed E-state index contributed by atoms with van der Waals surface area (Å²) in [6.45, 7) is 7.05. The number of carbonyl (C=O) groups is 2. The minimum atomic E-state index is -4.46. The van der Waals surface area contributed by atoms with E-state index in [1.807, 2.05) is 27.2 Å². The third kappa shape index (κ3) is 70.1. The van der Waals surface area contributed by atoms with Gasteiger partial charge < -0.3 is 19.4 Å². The van der Waals surface area contributed by atoms with Crippen molar-refractivity contribution < 1.29 is 37.3 Å². The SMILES string of the molecule is CCCCC/C=C\C/C=C\C/C=C\CCCCCCCCCCCCC(=O)NC(COP(=O)(O)OCC[N+](C)(C)C)C(/C=C/CCCCCCCCCCCCC)OC(=O)CCCCCCCCCCCCCCCCCCCCCCCCCCCCC. The van der Waals surface area contributed by atoms with Gasteiger partial charge in [-0.3, -0.25) is 18.6 Å². The highest BCUT2D eigenvalue weighted by molar-refractivity contribution is 7.47. The Morgan fingerprint density at radius 1 is 0.393 bits per heavy atom. The number of phosphoric acid groups is 1. The Balaban J connectivity index is 4.97. The van der Waals surface area contributed by atoms with E-state index in [9.17, 15) is 19.0 Å². The monoisotopic (exact) mass is 1270 g/mol. The number of unbranched alkanes of at least 4 members (excludes halogenated alkanes) is 50. The first-order valence-corrected chi connectivity index (χ1v) is 40.5. The van der Waals surface area contributed by atoms with Gasteiger partial charge in [0, 0.05) is 12.8 Å². The van der Waals surface area contributed by atoms with Crippen LogP contribution in [0.4, 0.5) is 0 Å². The van der Waals surface area contributed by atoms with Crippen LogP contribution in [0.15, 0.2) is 48.6 Å². The number of phosphoric ester groups is 1. The quantitative estimate of drug-likeness (QED) is 0.0205. The van der Waals surface area contributed by atoms with Crippen LogP contribution in [-0.2, 0) is 27.9 Å². The van der Waals surface area contributed by atoms with Crippen LogP contribution < -0.4 is 5.32 Å². The zero-order chi connectivity index (χ0) is 64.9. The molecule has 0 bridgehead atoms.